The fraction of sp³-hybridized carbons (Fsp3) is 0.333. The summed E-state index contributed by atoms with van der Waals surface area (Å²) in [6.07, 6.45) is 3.53. The molecule has 0 spiro atoms. The zero-order valence-corrected chi connectivity index (χ0v) is 15.9. The minimum absolute atomic E-state index is 0.0811. The number of benzene rings is 2. The third-order valence-corrected chi connectivity index (χ3v) is 5.30. The highest BCUT2D eigenvalue weighted by Gasteiger charge is 2.30. The number of nitrogens with zero attached hydrogens (tertiary/aromatic N) is 1. The number of alkyl halides is 1. The predicted molar refractivity (Wildman–Crippen MR) is 106 cm³/mol. The summed E-state index contributed by atoms with van der Waals surface area (Å²) >= 11 is 10.8. The Hall–Kier alpha value is -1.32. The number of aliphatic hydroxyl groups is 1. The van der Waals surface area contributed by atoms with Crippen LogP contribution < -0.4 is 0 Å². The second-order valence-corrected chi connectivity index (χ2v) is 6.83. The SMILES string of the molecule is CCl.OCC(c1ccccc1)N1CCC2=C(Cc3ccc(Cl)cc32)C1. The van der Waals surface area contributed by atoms with Crippen molar-refractivity contribution in [2.24, 2.45) is 0 Å². The van der Waals surface area contributed by atoms with Crippen molar-refractivity contribution in [3.8, 4) is 0 Å². The Bertz CT molecular complexity index is 758. The molecule has 2 aromatic carbocycles. The van der Waals surface area contributed by atoms with Crippen molar-refractivity contribution in [2.45, 2.75) is 18.9 Å². The molecule has 1 atom stereocenters. The first kappa shape index (κ1) is 18.5. The van der Waals surface area contributed by atoms with Crippen LogP contribution in [0.2, 0.25) is 5.02 Å². The van der Waals surface area contributed by atoms with E-state index >= 15 is 0 Å². The third kappa shape index (κ3) is 3.78. The number of hydrogen-bond donors (Lipinski definition) is 1. The van der Waals surface area contributed by atoms with E-state index in [-0.39, 0.29) is 12.6 Å². The van der Waals surface area contributed by atoms with E-state index in [4.69, 9.17) is 11.6 Å². The fourth-order valence-corrected chi connectivity index (χ4v) is 4.10. The van der Waals surface area contributed by atoms with Gasteiger partial charge in [0.1, 0.15) is 0 Å². The van der Waals surface area contributed by atoms with Crippen LogP contribution in [0.5, 0.6) is 0 Å². The molecule has 1 unspecified atom stereocenters. The van der Waals surface area contributed by atoms with Gasteiger partial charge in [-0.3, -0.25) is 4.90 Å². The summed E-state index contributed by atoms with van der Waals surface area (Å²) in [4.78, 5) is 2.40. The lowest BCUT2D eigenvalue weighted by molar-refractivity contribution is 0.130. The molecule has 132 valence electrons. The van der Waals surface area contributed by atoms with Gasteiger partial charge in [-0.15, -0.1) is 11.6 Å². The summed E-state index contributed by atoms with van der Waals surface area (Å²) in [7, 11) is 0. The van der Waals surface area contributed by atoms with Crippen LogP contribution in [0.4, 0.5) is 0 Å². The Balaban J connectivity index is 0.000000880. The lowest BCUT2D eigenvalue weighted by Gasteiger charge is -2.35. The normalized spacial score (nSPS) is 17.4. The van der Waals surface area contributed by atoms with E-state index in [1.807, 2.05) is 24.3 Å². The van der Waals surface area contributed by atoms with Gasteiger partial charge in [0.25, 0.3) is 0 Å². The van der Waals surface area contributed by atoms with Crippen LogP contribution in [0, 0.1) is 0 Å². The summed E-state index contributed by atoms with van der Waals surface area (Å²) in [5, 5.41) is 10.7. The summed E-state index contributed by atoms with van der Waals surface area (Å²) in [6, 6.07) is 16.6. The first-order valence-corrected chi connectivity index (χ1v) is 9.67. The molecule has 0 radical (unpaired) electrons. The van der Waals surface area contributed by atoms with Crippen LogP contribution in [-0.2, 0) is 6.42 Å². The molecule has 25 heavy (non-hydrogen) atoms. The molecule has 2 nitrogen and oxygen atoms in total. The van der Waals surface area contributed by atoms with Crippen molar-refractivity contribution >= 4 is 28.8 Å². The molecular formula is C21H23Cl2NO. The maximum Gasteiger partial charge on any atom is 0.0628 e. The van der Waals surface area contributed by atoms with E-state index in [0.29, 0.717) is 0 Å². The molecule has 0 saturated heterocycles. The smallest absolute Gasteiger partial charge is 0.0628 e. The quantitative estimate of drug-likeness (QED) is 0.767. The molecular weight excluding hydrogens is 353 g/mol. The number of fused-ring (bicyclic) bond motifs is 2. The molecule has 2 aromatic rings. The van der Waals surface area contributed by atoms with Gasteiger partial charge in [-0.25, -0.2) is 0 Å². The topological polar surface area (TPSA) is 23.5 Å². The largest absolute Gasteiger partial charge is 0.394 e. The van der Waals surface area contributed by atoms with Crippen LogP contribution >= 0.6 is 23.2 Å². The van der Waals surface area contributed by atoms with Gasteiger partial charge < -0.3 is 5.11 Å². The van der Waals surface area contributed by atoms with Gasteiger partial charge in [0.2, 0.25) is 0 Å². The first-order chi connectivity index (χ1) is 12.3. The van der Waals surface area contributed by atoms with Gasteiger partial charge in [-0.1, -0.05) is 48.0 Å². The highest BCUT2D eigenvalue weighted by atomic mass is 35.5. The highest BCUT2D eigenvalue weighted by molar-refractivity contribution is 6.30. The zero-order chi connectivity index (χ0) is 17.8. The Kier molecular flexibility index (Phi) is 6.19. The van der Waals surface area contributed by atoms with Crippen molar-refractivity contribution in [1.82, 2.24) is 4.90 Å². The minimum atomic E-state index is 0.0811. The summed E-state index contributed by atoms with van der Waals surface area (Å²) < 4.78 is 0. The summed E-state index contributed by atoms with van der Waals surface area (Å²) in [5.41, 5.74) is 6.89. The molecule has 0 bridgehead atoms. The second kappa shape index (κ2) is 8.37. The van der Waals surface area contributed by atoms with Crippen LogP contribution in [-0.4, -0.2) is 36.1 Å². The van der Waals surface area contributed by atoms with E-state index in [2.05, 4.69) is 40.8 Å². The van der Waals surface area contributed by atoms with Crippen molar-refractivity contribution < 1.29 is 5.11 Å². The lowest BCUT2D eigenvalue weighted by atomic mass is 9.96. The molecule has 0 aromatic heterocycles. The number of aliphatic hydroxyl groups excluding tert-OH is 1. The Morgan fingerprint density at radius 3 is 2.60 bits per heavy atom. The molecule has 1 aliphatic carbocycles. The Labute approximate surface area is 159 Å². The van der Waals surface area contributed by atoms with Crippen LogP contribution in [0.1, 0.15) is 29.2 Å². The Morgan fingerprint density at radius 1 is 1.12 bits per heavy atom. The molecule has 4 heteroatoms. The standard InChI is InChI=1S/C20H20ClNO.CH3Cl/c21-17-7-6-15-10-16-12-22(9-8-18(16)19(15)11-17)20(13-23)14-4-2-1-3-5-14;1-2/h1-7,11,20,23H,8-10,12-13H2;1H3. The molecule has 0 amide bonds. The Morgan fingerprint density at radius 2 is 1.88 bits per heavy atom. The molecule has 2 aliphatic rings. The number of halogens is 2. The van der Waals surface area contributed by atoms with Crippen molar-refractivity contribution in [1.29, 1.82) is 0 Å². The zero-order valence-electron chi connectivity index (χ0n) is 14.4. The van der Waals surface area contributed by atoms with E-state index in [1.54, 1.807) is 0 Å². The highest BCUT2D eigenvalue weighted by Crippen LogP contribution is 2.40. The molecule has 1 heterocycles. The van der Waals surface area contributed by atoms with E-state index in [0.717, 1.165) is 31.0 Å². The second-order valence-electron chi connectivity index (χ2n) is 6.39. The van der Waals surface area contributed by atoms with Gasteiger partial charge >= 0.3 is 0 Å². The minimum Gasteiger partial charge on any atom is -0.394 e. The van der Waals surface area contributed by atoms with Gasteiger partial charge in [0.05, 0.1) is 12.6 Å². The maximum absolute atomic E-state index is 9.91. The number of rotatable bonds is 3. The summed E-state index contributed by atoms with van der Waals surface area (Å²) in [6.45, 7) is 2.07. The van der Waals surface area contributed by atoms with Crippen molar-refractivity contribution in [3.63, 3.8) is 0 Å². The molecule has 4 rings (SSSR count). The first-order valence-electron chi connectivity index (χ1n) is 8.53. The van der Waals surface area contributed by atoms with Crippen LogP contribution in [0.15, 0.2) is 54.1 Å². The monoisotopic (exact) mass is 375 g/mol. The average molecular weight is 376 g/mol. The van der Waals surface area contributed by atoms with Crippen LogP contribution in [0.25, 0.3) is 5.57 Å². The van der Waals surface area contributed by atoms with Crippen molar-refractivity contribution in [3.05, 3.63) is 75.8 Å². The van der Waals surface area contributed by atoms with E-state index in [9.17, 15) is 5.11 Å². The third-order valence-electron chi connectivity index (χ3n) is 5.07. The molecule has 1 aliphatic heterocycles. The van der Waals surface area contributed by atoms with Gasteiger partial charge in [-0.05, 0) is 52.8 Å². The van der Waals surface area contributed by atoms with E-state index in [1.165, 1.54) is 34.2 Å². The maximum atomic E-state index is 9.91. The summed E-state index contributed by atoms with van der Waals surface area (Å²) in [5.74, 6) is 0. The average Bonchev–Trinajstić information content (AvgIpc) is 3.02. The van der Waals surface area contributed by atoms with Gasteiger partial charge in [0, 0.05) is 24.5 Å². The molecule has 1 N–H and O–H groups in total. The fourth-order valence-electron chi connectivity index (χ4n) is 3.93. The van der Waals surface area contributed by atoms with Crippen LogP contribution in [0.3, 0.4) is 0 Å². The van der Waals surface area contributed by atoms with E-state index < -0.39 is 0 Å². The predicted octanol–water partition coefficient (Wildman–Crippen LogP) is 4.94. The van der Waals surface area contributed by atoms with Crippen molar-refractivity contribution in [2.75, 3.05) is 26.1 Å². The number of hydrogen-bond acceptors (Lipinski definition) is 2. The lowest BCUT2D eigenvalue weighted by Crippen LogP contribution is -2.36. The molecule has 0 saturated carbocycles. The molecule has 0 fully saturated rings. The van der Waals surface area contributed by atoms with Gasteiger partial charge in [-0.2, -0.15) is 0 Å². The van der Waals surface area contributed by atoms with Gasteiger partial charge in [0.15, 0.2) is 0 Å².